The van der Waals surface area contributed by atoms with Crippen LogP contribution >= 0.6 is 11.3 Å². The van der Waals surface area contributed by atoms with Crippen LogP contribution in [0.15, 0.2) is 49.2 Å². The maximum absolute atomic E-state index is 12.1. The molecule has 1 aromatic heterocycles. The highest BCUT2D eigenvalue weighted by atomic mass is 32.1. The molecule has 0 bridgehead atoms. The highest BCUT2D eigenvalue weighted by molar-refractivity contribution is 7.11. The summed E-state index contributed by atoms with van der Waals surface area (Å²) in [7, 11) is 0. The minimum Gasteiger partial charge on any atom is -0.371 e. The van der Waals surface area contributed by atoms with Gasteiger partial charge in [0.15, 0.2) is 0 Å². The first kappa shape index (κ1) is 14.9. The average molecular weight is 314 g/mol. The van der Waals surface area contributed by atoms with E-state index >= 15 is 0 Å². The monoisotopic (exact) mass is 314 g/mol. The standard InChI is InChI=1S/C17H18N2O2S/c1-2-16(20)19(13-7-4-3-5-8-13)12-14-11-18-17(22-14)15-9-6-10-21-15/h2-5,7-8,11,15H,1,6,9-10,12H2. The van der Waals surface area contributed by atoms with Gasteiger partial charge in [0, 0.05) is 23.4 Å². The molecule has 1 atom stereocenters. The zero-order valence-corrected chi connectivity index (χ0v) is 13.1. The molecule has 0 spiro atoms. The fourth-order valence-corrected chi connectivity index (χ4v) is 3.48. The number of carbonyl (C=O) groups is 1. The van der Waals surface area contributed by atoms with E-state index < -0.39 is 0 Å². The molecule has 1 aromatic carbocycles. The van der Waals surface area contributed by atoms with Crippen molar-refractivity contribution in [2.24, 2.45) is 0 Å². The Kier molecular flexibility index (Phi) is 4.65. The summed E-state index contributed by atoms with van der Waals surface area (Å²) < 4.78 is 5.66. The molecule has 3 rings (SSSR count). The first-order chi connectivity index (χ1) is 10.8. The summed E-state index contributed by atoms with van der Waals surface area (Å²) in [6.07, 6.45) is 5.42. The summed E-state index contributed by atoms with van der Waals surface area (Å²) in [6, 6.07) is 9.61. The number of hydrogen-bond donors (Lipinski definition) is 0. The molecule has 114 valence electrons. The third kappa shape index (κ3) is 3.26. The molecule has 2 heterocycles. The first-order valence-corrected chi connectivity index (χ1v) is 8.15. The number of para-hydroxylation sites is 1. The lowest BCUT2D eigenvalue weighted by Crippen LogP contribution is -2.28. The van der Waals surface area contributed by atoms with Crippen molar-refractivity contribution in [3.63, 3.8) is 0 Å². The second-order valence-corrected chi connectivity index (χ2v) is 6.28. The molecule has 4 nitrogen and oxygen atoms in total. The Bertz CT molecular complexity index is 648. The van der Waals surface area contributed by atoms with Gasteiger partial charge in [-0.25, -0.2) is 4.98 Å². The van der Waals surface area contributed by atoms with E-state index in [1.807, 2.05) is 36.5 Å². The van der Waals surface area contributed by atoms with Crippen molar-refractivity contribution in [1.29, 1.82) is 0 Å². The van der Waals surface area contributed by atoms with E-state index in [0.717, 1.165) is 35.0 Å². The molecule has 1 aliphatic rings. The van der Waals surface area contributed by atoms with E-state index in [4.69, 9.17) is 4.74 Å². The third-order valence-electron chi connectivity index (χ3n) is 3.60. The molecule has 0 saturated carbocycles. The molecule has 5 heteroatoms. The van der Waals surface area contributed by atoms with Gasteiger partial charge in [0.05, 0.1) is 6.54 Å². The number of hydrogen-bond acceptors (Lipinski definition) is 4. The van der Waals surface area contributed by atoms with E-state index in [2.05, 4.69) is 11.6 Å². The van der Waals surface area contributed by atoms with Crippen LogP contribution in [0.2, 0.25) is 0 Å². The summed E-state index contributed by atoms with van der Waals surface area (Å²) in [5.41, 5.74) is 0.861. The average Bonchev–Trinajstić information content (AvgIpc) is 3.24. The summed E-state index contributed by atoms with van der Waals surface area (Å²) in [5, 5.41) is 1.01. The number of ether oxygens (including phenoxy) is 1. The number of rotatable bonds is 5. The summed E-state index contributed by atoms with van der Waals surface area (Å²) in [4.78, 5) is 19.4. The number of nitrogens with zero attached hydrogens (tertiary/aromatic N) is 2. The van der Waals surface area contributed by atoms with Gasteiger partial charge < -0.3 is 9.64 Å². The Morgan fingerprint density at radius 1 is 1.45 bits per heavy atom. The predicted octanol–water partition coefficient (Wildman–Crippen LogP) is 3.71. The second kappa shape index (κ2) is 6.85. The number of benzene rings is 1. The first-order valence-electron chi connectivity index (χ1n) is 7.33. The number of anilines is 1. The van der Waals surface area contributed by atoms with E-state index in [0.29, 0.717) is 6.54 Å². The second-order valence-electron chi connectivity index (χ2n) is 5.13. The molecular weight excluding hydrogens is 296 g/mol. The van der Waals surface area contributed by atoms with Crippen LogP contribution in [0, 0.1) is 0 Å². The van der Waals surface area contributed by atoms with Gasteiger partial charge in [-0.2, -0.15) is 0 Å². The van der Waals surface area contributed by atoms with Gasteiger partial charge >= 0.3 is 0 Å². The molecule has 0 radical (unpaired) electrons. The van der Waals surface area contributed by atoms with Crippen molar-refractivity contribution in [2.75, 3.05) is 11.5 Å². The van der Waals surface area contributed by atoms with Gasteiger partial charge in [-0.3, -0.25) is 4.79 Å². The Morgan fingerprint density at radius 2 is 2.27 bits per heavy atom. The van der Waals surface area contributed by atoms with E-state index in [1.165, 1.54) is 6.08 Å². The number of carbonyl (C=O) groups excluding carboxylic acids is 1. The molecule has 1 aliphatic heterocycles. The normalized spacial score (nSPS) is 17.4. The number of aromatic nitrogens is 1. The topological polar surface area (TPSA) is 42.4 Å². The minimum absolute atomic E-state index is 0.113. The largest absolute Gasteiger partial charge is 0.371 e. The minimum atomic E-state index is -0.113. The van der Waals surface area contributed by atoms with Crippen molar-refractivity contribution < 1.29 is 9.53 Å². The molecule has 1 saturated heterocycles. The van der Waals surface area contributed by atoms with Crippen LogP contribution in [0.1, 0.15) is 28.8 Å². The molecular formula is C17H18N2O2S. The summed E-state index contributed by atoms with van der Waals surface area (Å²) in [5.74, 6) is -0.113. The van der Waals surface area contributed by atoms with Crippen LogP contribution in [-0.2, 0) is 16.1 Å². The zero-order valence-electron chi connectivity index (χ0n) is 12.3. The van der Waals surface area contributed by atoms with Crippen LogP contribution in [0.4, 0.5) is 5.69 Å². The van der Waals surface area contributed by atoms with Crippen LogP contribution in [0.3, 0.4) is 0 Å². The molecule has 1 amide bonds. The lowest BCUT2D eigenvalue weighted by molar-refractivity contribution is -0.114. The van der Waals surface area contributed by atoms with E-state index in [-0.39, 0.29) is 12.0 Å². The van der Waals surface area contributed by atoms with Crippen molar-refractivity contribution >= 4 is 22.9 Å². The maximum Gasteiger partial charge on any atom is 0.250 e. The van der Waals surface area contributed by atoms with Gasteiger partial charge in [-0.1, -0.05) is 24.8 Å². The van der Waals surface area contributed by atoms with Gasteiger partial charge in [0.1, 0.15) is 11.1 Å². The van der Waals surface area contributed by atoms with E-state index in [1.54, 1.807) is 16.2 Å². The quantitative estimate of drug-likeness (QED) is 0.790. The predicted molar refractivity (Wildman–Crippen MR) is 87.9 cm³/mol. The summed E-state index contributed by atoms with van der Waals surface area (Å²) in [6.45, 7) is 4.90. The molecule has 22 heavy (non-hydrogen) atoms. The maximum atomic E-state index is 12.1. The van der Waals surface area contributed by atoms with Crippen LogP contribution in [-0.4, -0.2) is 17.5 Å². The Morgan fingerprint density at radius 3 is 2.95 bits per heavy atom. The van der Waals surface area contributed by atoms with Crippen molar-refractivity contribution in [3.05, 3.63) is 59.1 Å². The highest BCUT2D eigenvalue weighted by Crippen LogP contribution is 2.32. The summed E-state index contributed by atoms with van der Waals surface area (Å²) >= 11 is 1.62. The Labute approximate surface area is 134 Å². The Balaban J connectivity index is 1.78. The van der Waals surface area contributed by atoms with E-state index in [9.17, 15) is 4.79 Å². The number of amides is 1. The Hall–Kier alpha value is -1.98. The SMILES string of the molecule is C=CC(=O)N(Cc1cnc(C2CCCO2)s1)c1ccccc1. The van der Waals surface area contributed by atoms with Crippen LogP contribution < -0.4 is 4.90 Å². The fraction of sp³-hybridized carbons (Fsp3) is 0.294. The van der Waals surface area contributed by atoms with Crippen molar-refractivity contribution in [3.8, 4) is 0 Å². The van der Waals surface area contributed by atoms with Crippen LogP contribution in [0.25, 0.3) is 0 Å². The highest BCUT2D eigenvalue weighted by Gasteiger charge is 2.22. The molecule has 0 aliphatic carbocycles. The lowest BCUT2D eigenvalue weighted by atomic mass is 10.2. The molecule has 2 aromatic rings. The fourth-order valence-electron chi connectivity index (χ4n) is 2.49. The molecule has 1 fully saturated rings. The van der Waals surface area contributed by atoms with Crippen molar-refractivity contribution in [2.45, 2.75) is 25.5 Å². The number of thiazole rings is 1. The van der Waals surface area contributed by atoms with Crippen LogP contribution in [0.5, 0.6) is 0 Å². The van der Waals surface area contributed by atoms with Gasteiger partial charge in [-0.15, -0.1) is 11.3 Å². The van der Waals surface area contributed by atoms with Crippen molar-refractivity contribution in [1.82, 2.24) is 4.98 Å². The van der Waals surface area contributed by atoms with Gasteiger partial charge in [0.25, 0.3) is 5.91 Å². The zero-order chi connectivity index (χ0) is 15.4. The smallest absolute Gasteiger partial charge is 0.250 e. The molecule has 0 N–H and O–H groups in total. The lowest BCUT2D eigenvalue weighted by Gasteiger charge is -2.20. The molecule has 1 unspecified atom stereocenters. The van der Waals surface area contributed by atoms with Gasteiger partial charge in [0.2, 0.25) is 0 Å². The van der Waals surface area contributed by atoms with Gasteiger partial charge in [-0.05, 0) is 31.1 Å². The third-order valence-corrected chi connectivity index (χ3v) is 4.67.